The predicted molar refractivity (Wildman–Crippen MR) is 71.2 cm³/mol. The Kier molecular flexibility index (Phi) is 3.87. The molecular formula is C11H23IN2. The van der Waals surface area contributed by atoms with E-state index in [9.17, 15) is 0 Å². The van der Waals surface area contributed by atoms with Gasteiger partial charge < -0.3 is 4.90 Å². The Labute approximate surface area is 105 Å². The molecule has 0 radical (unpaired) electrons. The van der Waals surface area contributed by atoms with Crippen molar-refractivity contribution in [2.24, 2.45) is 11.8 Å². The fourth-order valence-corrected chi connectivity index (χ4v) is 3.01. The van der Waals surface area contributed by atoms with Crippen molar-refractivity contribution < 1.29 is 0 Å². The summed E-state index contributed by atoms with van der Waals surface area (Å²) in [4.78, 5) is 5.08. The smallest absolute Gasteiger partial charge is 0.0368 e. The van der Waals surface area contributed by atoms with Crippen molar-refractivity contribution in [3.05, 3.63) is 0 Å². The maximum absolute atomic E-state index is 2.59. The molecule has 2 nitrogen and oxygen atoms in total. The molecule has 2 atom stereocenters. The van der Waals surface area contributed by atoms with Crippen LogP contribution in [-0.4, -0.2) is 49.1 Å². The molecule has 1 heterocycles. The summed E-state index contributed by atoms with van der Waals surface area (Å²) in [5.41, 5.74) is 0.557. The highest BCUT2D eigenvalue weighted by Crippen LogP contribution is 2.53. The van der Waals surface area contributed by atoms with Crippen LogP contribution in [0.1, 0.15) is 20.3 Å². The van der Waals surface area contributed by atoms with Crippen LogP contribution >= 0.6 is 24.0 Å². The first-order chi connectivity index (χ1) is 6.06. The van der Waals surface area contributed by atoms with Gasteiger partial charge in [0.15, 0.2) is 0 Å². The lowest BCUT2D eigenvalue weighted by Crippen LogP contribution is -2.53. The van der Waals surface area contributed by atoms with Gasteiger partial charge in [-0.05, 0) is 32.4 Å². The summed E-state index contributed by atoms with van der Waals surface area (Å²) >= 11 is 0. The van der Waals surface area contributed by atoms with Crippen LogP contribution in [-0.2, 0) is 0 Å². The lowest BCUT2D eigenvalue weighted by molar-refractivity contribution is 0.0813. The monoisotopic (exact) mass is 310 g/mol. The molecule has 1 saturated carbocycles. The molecule has 0 N–H and O–H groups in total. The van der Waals surface area contributed by atoms with Crippen LogP contribution in [0.5, 0.6) is 0 Å². The van der Waals surface area contributed by atoms with E-state index in [0.29, 0.717) is 5.54 Å². The van der Waals surface area contributed by atoms with E-state index in [0.717, 1.165) is 11.8 Å². The molecule has 1 saturated heterocycles. The number of hydrogen-bond donors (Lipinski definition) is 0. The van der Waals surface area contributed by atoms with Gasteiger partial charge in [0.2, 0.25) is 0 Å². The Morgan fingerprint density at radius 2 is 1.86 bits per heavy atom. The molecule has 84 valence electrons. The molecule has 0 amide bonds. The van der Waals surface area contributed by atoms with Crippen LogP contribution in [0.15, 0.2) is 0 Å². The zero-order valence-electron chi connectivity index (χ0n) is 9.79. The highest BCUT2D eigenvalue weighted by molar-refractivity contribution is 14.0. The number of halogens is 1. The Bertz CT molecular complexity index is 207. The highest BCUT2D eigenvalue weighted by atomic mass is 127. The van der Waals surface area contributed by atoms with Crippen LogP contribution in [0.3, 0.4) is 0 Å². The Morgan fingerprint density at radius 3 is 2.36 bits per heavy atom. The van der Waals surface area contributed by atoms with E-state index in [1.165, 1.54) is 26.1 Å². The Balaban J connectivity index is 0.000000980. The minimum Gasteiger partial charge on any atom is -0.303 e. The number of likely N-dealkylation sites (N-methyl/N-ethyl adjacent to an activating group) is 2. The fourth-order valence-electron chi connectivity index (χ4n) is 3.01. The summed E-state index contributed by atoms with van der Waals surface area (Å²) in [5, 5.41) is 0. The zero-order chi connectivity index (χ0) is 9.64. The van der Waals surface area contributed by atoms with Crippen molar-refractivity contribution in [3.63, 3.8) is 0 Å². The lowest BCUT2D eigenvalue weighted by atomic mass is 10.0. The van der Waals surface area contributed by atoms with Crippen LogP contribution in [0.25, 0.3) is 0 Å². The van der Waals surface area contributed by atoms with E-state index in [2.05, 4.69) is 37.7 Å². The predicted octanol–water partition coefficient (Wildman–Crippen LogP) is 1.90. The van der Waals surface area contributed by atoms with Gasteiger partial charge in [-0.1, -0.05) is 13.8 Å². The fraction of sp³-hybridized carbons (Fsp3) is 1.00. The van der Waals surface area contributed by atoms with E-state index in [4.69, 9.17) is 0 Å². The second-order valence-corrected chi connectivity index (χ2v) is 5.32. The van der Waals surface area contributed by atoms with Gasteiger partial charge >= 0.3 is 0 Å². The molecule has 1 spiro atoms. The SMILES string of the molecule is CC(C)C1CC12CN(C)CCN2C.I. The summed E-state index contributed by atoms with van der Waals surface area (Å²) < 4.78 is 0. The molecule has 1 aliphatic carbocycles. The molecule has 0 bridgehead atoms. The van der Waals surface area contributed by atoms with E-state index < -0.39 is 0 Å². The normalized spacial score (nSPS) is 38.8. The van der Waals surface area contributed by atoms with E-state index in [-0.39, 0.29) is 24.0 Å². The van der Waals surface area contributed by atoms with E-state index in [1.807, 2.05) is 0 Å². The summed E-state index contributed by atoms with van der Waals surface area (Å²) in [6, 6.07) is 0. The largest absolute Gasteiger partial charge is 0.303 e. The Morgan fingerprint density at radius 1 is 1.21 bits per heavy atom. The standard InChI is InChI=1S/C11H22N2.HI/c1-9(2)10-7-11(10)8-12(3)5-6-13(11)4;/h9-10H,5-8H2,1-4H3;1H. The van der Waals surface area contributed by atoms with Crippen molar-refractivity contribution in [2.75, 3.05) is 33.7 Å². The molecule has 14 heavy (non-hydrogen) atoms. The van der Waals surface area contributed by atoms with Crippen LogP contribution in [0.2, 0.25) is 0 Å². The molecule has 0 aromatic carbocycles. The van der Waals surface area contributed by atoms with Crippen LogP contribution in [0, 0.1) is 11.8 Å². The average Bonchev–Trinajstić information content (AvgIpc) is 2.74. The highest BCUT2D eigenvalue weighted by Gasteiger charge is 2.59. The summed E-state index contributed by atoms with van der Waals surface area (Å²) in [6.45, 7) is 8.50. The van der Waals surface area contributed by atoms with Crippen molar-refractivity contribution >= 4 is 24.0 Å². The van der Waals surface area contributed by atoms with Gasteiger partial charge in [0.25, 0.3) is 0 Å². The summed E-state index contributed by atoms with van der Waals surface area (Å²) in [5.74, 6) is 1.80. The molecule has 3 heteroatoms. The number of nitrogens with zero attached hydrogens (tertiary/aromatic N) is 2. The van der Waals surface area contributed by atoms with Gasteiger partial charge in [-0.25, -0.2) is 0 Å². The maximum Gasteiger partial charge on any atom is 0.0368 e. The molecule has 2 rings (SSSR count). The van der Waals surface area contributed by atoms with Gasteiger partial charge in [0, 0.05) is 25.2 Å². The number of piperazine rings is 1. The molecule has 2 unspecified atom stereocenters. The van der Waals surface area contributed by atoms with Crippen LogP contribution in [0.4, 0.5) is 0 Å². The minimum absolute atomic E-state index is 0. The van der Waals surface area contributed by atoms with E-state index in [1.54, 1.807) is 0 Å². The first-order valence-corrected chi connectivity index (χ1v) is 5.46. The third-order valence-corrected chi connectivity index (χ3v) is 4.03. The van der Waals surface area contributed by atoms with Crippen molar-refractivity contribution in [1.29, 1.82) is 0 Å². The zero-order valence-corrected chi connectivity index (χ0v) is 12.1. The Hall–Kier alpha value is 0.650. The molecule has 2 aliphatic rings. The second-order valence-electron chi connectivity index (χ2n) is 5.32. The van der Waals surface area contributed by atoms with Crippen LogP contribution < -0.4 is 0 Å². The molecular weight excluding hydrogens is 287 g/mol. The first kappa shape index (κ1) is 12.7. The van der Waals surface area contributed by atoms with Gasteiger partial charge in [0.1, 0.15) is 0 Å². The second kappa shape index (κ2) is 4.26. The van der Waals surface area contributed by atoms with Crippen molar-refractivity contribution in [3.8, 4) is 0 Å². The van der Waals surface area contributed by atoms with Gasteiger partial charge in [0.05, 0.1) is 0 Å². The molecule has 0 aromatic heterocycles. The topological polar surface area (TPSA) is 6.48 Å². The average molecular weight is 310 g/mol. The van der Waals surface area contributed by atoms with E-state index >= 15 is 0 Å². The quantitative estimate of drug-likeness (QED) is 0.683. The number of hydrogen-bond acceptors (Lipinski definition) is 2. The molecule has 0 aromatic rings. The van der Waals surface area contributed by atoms with Gasteiger partial charge in [-0.2, -0.15) is 0 Å². The molecule has 2 fully saturated rings. The van der Waals surface area contributed by atoms with Gasteiger partial charge in [-0.3, -0.25) is 4.90 Å². The minimum atomic E-state index is 0. The summed E-state index contributed by atoms with van der Waals surface area (Å²) in [7, 11) is 4.56. The summed E-state index contributed by atoms with van der Waals surface area (Å²) in [6.07, 6.45) is 1.42. The van der Waals surface area contributed by atoms with Crippen molar-refractivity contribution in [1.82, 2.24) is 9.80 Å². The number of rotatable bonds is 1. The lowest BCUT2D eigenvalue weighted by Gasteiger charge is -2.39. The molecule has 1 aliphatic heterocycles. The van der Waals surface area contributed by atoms with Gasteiger partial charge in [-0.15, -0.1) is 24.0 Å². The van der Waals surface area contributed by atoms with Crippen molar-refractivity contribution in [2.45, 2.75) is 25.8 Å². The third kappa shape index (κ3) is 1.95. The first-order valence-electron chi connectivity index (χ1n) is 5.46. The third-order valence-electron chi connectivity index (χ3n) is 4.03. The maximum atomic E-state index is 2.59.